The lowest BCUT2D eigenvalue weighted by Crippen LogP contribution is -2.26. The summed E-state index contributed by atoms with van der Waals surface area (Å²) >= 11 is 7.21. The predicted molar refractivity (Wildman–Crippen MR) is 78.8 cm³/mol. The summed E-state index contributed by atoms with van der Waals surface area (Å²) in [4.78, 5) is 30.1. The largest absolute Gasteiger partial charge is 0.351 e. The van der Waals surface area contributed by atoms with E-state index in [4.69, 9.17) is 11.6 Å². The van der Waals surface area contributed by atoms with Crippen molar-refractivity contribution in [2.24, 2.45) is 0 Å². The molecule has 0 aliphatic carbocycles. The fourth-order valence-electron chi connectivity index (χ4n) is 1.67. The fourth-order valence-corrected chi connectivity index (χ4v) is 2.48. The highest BCUT2D eigenvalue weighted by Crippen LogP contribution is 2.20. The van der Waals surface area contributed by atoms with Gasteiger partial charge in [-0.05, 0) is 13.0 Å². The van der Waals surface area contributed by atoms with E-state index in [1.54, 1.807) is 0 Å². The Kier molecular flexibility index (Phi) is 4.81. The summed E-state index contributed by atoms with van der Waals surface area (Å²) in [7, 11) is 0. The van der Waals surface area contributed by atoms with Crippen molar-refractivity contribution in [3.63, 3.8) is 0 Å². The number of nitro groups is 1. The quantitative estimate of drug-likeness (QED) is 0.516. The van der Waals surface area contributed by atoms with Crippen LogP contribution in [0, 0.1) is 17.0 Å². The Hall–Kier alpha value is -2.06. The van der Waals surface area contributed by atoms with E-state index in [-0.39, 0.29) is 16.4 Å². The van der Waals surface area contributed by atoms with E-state index in [9.17, 15) is 14.9 Å². The lowest BCUT2D eigenvalue weighted by molar-refractivity contribution is -0.385. The Bertz CT molecular complexity index is 689. The zero-order valence-electron chi connectivity index (χ0n) is 11.0. The first-order valence-electron chi connectivity index (χ1n) is 5.96. The zero-order chi connectivity index (χ0) is 15.4. The van der Waals surface area contributed by atoms with Gasteiger partial charge in [-0.1, -0.05) is 11.6 Å². The van der Waals surface area contributed by atoms with Gasteiger partial charge in [-0.25, -0.2) is 9.97 Å². The maximum atomic E-state index is 12.0. The van der Waals surface area contributed by atoms with Crippen LogP contribution >= 0.6 is 22.9 Å². The molecule has 0 bridgehead atoms. The molecule has 0 aliphatic rings. The molecule has 0 aromatic carbocycles. The molecular formula is C12H11ClN4O3S. The fraction of sp³-hybridized carbons (Fsp3) is 0.250. The molecule has 0 fully saturated rings. The number of amides is 1. The Morgan fingerprint density at radius 3 is 2.95 bits per heavy atom. The maximum absolute atomic E-state index is 12.0. The molecule has 0 unspecified atom stereocenters. The van der Waals surface area contributed by atoms with Crippen LogP contribution in [0.3, 0.4) is 0 Å². The summed E-state index contributed by atoms with van der Waals surface area (Å²) in [5.74, 6) is -0.557. The Morgan fingerprint density at radius 1 is 1.57 bits per heavy atom. The summed E-state index contributed by atoms with van der Waals surface area (Å²) in [5, 5.41) is 16.4. The van der Waals surface area contributed by atoms with Crippen molar-refractivity contribution < 1.29 is 9.72 Å². The number of nitrogens with one attached hydrogen (secondary N) is 1. The van der Waals surface area contributed by atoms with Crippen LogP contribution in [0.5, 0.6) is 0 Å². The average Bonchev–Trinajstić information content (AvgIpc) is 2.84. The van der Waals surface area contributed by atoms with Crippen LogP contribution < -0.4 is 5.32 Å². The second-order valence-electron chi connectivity index (χ2n) is 4.15. The molecule has 2 rings (SSSR count). The number of aromatic nitrogens is 2. The lowest BCUT2D eigenvalue weighted by atomic mass is 10.2. The minimum atomic E-state index is -0.665. The lowest BCUT2D eigenvalue weighted by Gasteiger charge is -2.05. The summed E-state index contributed by atoms with van der Waals surface area (Å²) in [6, 6.07) is 1.18. The van der Waals surface area contributed by atoms with Crippen molar-refractivity contribution in [3.05, 3.63) is 49.2 Å². The number of rotatable bonds is 5. The van der Waals surface area contributed by atoms with Gasteiger partial charge in [0.1, 0.15) is 16.9 Å². The molecule has 0 saturated heterocycles. The third-order valence-corrected chi connectivity index (χ3v) is 3.65. The second kappa shape index (κ2) is 6.59. The molecule has 21 heavy (non-hydrogen) atoms. The Labute approximate surface area is 129 Å². The minimum absolute atomic E-state index is 0.0286. The van der Waals surface area contributed by atoms with Gasteiger partial charge >= 0.3 is 0 Å². The minimum Gasteiger partial charge on any atom is -0.351 e. The first-order chi connectivity index (χ1) is 9.97. The van der Waals surface area contributed by atoms with Crippen LogP contribution in [0.25, 0.3) is 0 Å². The number of hydrogen-bond donors (Lipinski definition) is 1. The number of carbonyl (C=O) groups excluding carboxylic acids is 1. The standard InChI is InChI=1S/C12H11ClN4O3S/c1-7-16-8(6-21-7)2-3-14-12(18)9-4-11(13)15-5-10(9)17(19)20/h4-6H,2-3H2,1H3,(H,14,18). The second-order valence-corrected chi connectivity index (χ2v) is 5.59. The van der Waals surface area contributed by atoms with Gasteiger partial charge in [-0.2, -0.15) is 0 Å². The number of pyridine rings is 1. The molecule has 0 atom stereocenters. The van der Waals surface area contributed by atoms with Gasteiger partial charge in [0.15, 0.2) is 0 Å². The molecular weight excluding hydrogens is 316 g/mol. The molecule has 2 aromatic rings. The van der Waals surface area contributed by atoms with Crippen LogP contribution in [0.15, 0.2) is 17.6 Å². The molecule has 0 saturated carbocycles. The van der Waals surface area contributed by atoms with Crippen molar-refractivity contribution in [2.45, 2.75) is 13.3 Å². The van der Waals surface area contributed by atoms with E-state index >= 15 is 0 Å². The molecule has 1 N–H and O–H groups in total. The zero-order valence-corrected chi connectivity index (χ0v) is 12.6. The van der Waals surface area contributed by atoms with Gasteiger partial charge in [0.05, 0.1) is 15.6 Å². The molecule has 7 nitrogen and oxygen atoms in total. The highest BCUT2D eigenvalue weighted by Gasteiger charge is 2.21. The molecule has 1 amide bonds. The monoisotopic (exact) mass is 326 g/mol. The summed E-state index contributed by atoms with van der Waals surface area (Å²) in [6.45, 7) is 2.23. The Morgan fingerprint density at radius 2 is 2.33 bits per heavy atom. The van der Waals surface area contributed by atoms with Gasteiger partial charge in [0, 0.05) is 18.3 Å². The van der Waals surface area contributed by atoms with E-state index in [0.29, 0.717) is 13.0 Å². The molecule has 0 aliphatic heterocycles. The van der Waals surface area contributed by atoms with Crippen molar-refractivity contribution >= 4 is 34.5 Å². The van der Waals surface area contributed by atoms with Gasteiger partial charge in [-0.3, -0.25) is 14.9 Å². The number of halogens is 1. The van der Waals surface area contributed by atoms with E-state index in [2.05, 4.69) is 15.3 Å². The van der Waals surface area contributed by atoms with Crippen LogP contribution in [0.2, 0.25) is 5.15 Å². The van der Waals surface area contributed by atoms with Gasteiger partial charge in [0.25, 0.3) is 11.6 Å². The van der Waals surface area contributed by atoms with E-state index in [1.165, 1.54) is 17.4 Å². The third kappa shape index (κ3) is 3.96. The van der Waals surface area contributed by atoms with E-state index < -0.39 is 10.8 Å². The predicted octanol–water partition coefficient (Wildman–Crippen LogP) is 2.38. The smallest absolute Gasteiger partial charge is 0.300 e. The maximum Gasteiger partial charge on any atom is 0.300 e. The SMILES string of the molecule is Cc1nc(CCNC(=O)c2cc(Cl)ncc2[N+](=O)[O-])cs1. The first kappa shape index (κ1) is 15.3. The molecule has 0 radical (unpaired) electrons. The van der Waals surface area contributed by atoms with Crippen molar-refractivity contribution in [2.75, 3.05) is 6.54 Å². The molecule has 2 heterocycles. The first-order valence-corrected chi connectivity index (χ1v) is 7.22. The molecule has 0 spiro atoms. The highest BCUT2D eigenvalue weighted by molar-refractivity contribution is 7.09. The number of carbonyl (C=O) groups is 1. The van der Waals surface area contributed by atoms with Crippen LogP contribution in [-0.2, 0) is 6.42 Å². The average molecular weight is 327 g/mol. The third-order valence-electron chi connectivity index (χ3n) is 2.62. The number of thiazole rings is 1. The van der Waals surface area contributed by atoms with E-state index in [1.807, 2.05) is 12.3 Å². The number of aryl methyl sites for hydroxylation is 1. The topological polar surface area (TPSA) is 98.0 Å². The van der Waals surface area contributed by atoms with Crippen molar-refractivity contribution in [3.8, 4) is 0 Å². The normalized spacial score (nSPS) is 10.4. The molecule has 110 valence electrons. The van der Waals surface area contributed by atoms with E-state index in [0.717, 1.165) is 16.9 Å². The van der Waals surface area contributed by atoms with Crippen LogP contribution in [0.1, 0.15) is 21.1 Å². The molecule has 9 heteroatoms. The summed E-state index contributed by atoms with van der Waals surface area (Å²) < 4.78 is 0. The van der Waals surface area contributed by atoms with Gasteiger partial charge in [0.2, 0.25) is 0 Å². The van der Waals surface area contributed by atoms with Gasteiger partial charge in [-0.15, -0.1) is 11.3 Å². The van der Waals surface area contributed by atoms with Crippen molar-refractivity contribution in [1.82, 2.24) is 15.3 Å². The Balaban J connectivity index is 2.03. The number of nitrogens with zero attached hydrogens (tertiary/aromatic N) is 3. The van der Waals surface area contributed by atoms with Crippen LogP contribution in [0.4, 0.5) is 5.69 Å². The van der Waals surface area contributed by atoms with Gasteiger partial charge < -0.3 is 5.32 Å². The molecule has 2 aromatic heterocycles. The van der Waals surface area contributed by atoms with Crippen molar-refractivity contribution in [1.29, 1.82) is 0 Å². The summed E-state index contributed by atoms with van der Waals surface area (Å²) in [5.41, 5.74) is 0.399. The number of hydrogen-bond acceptors (Lipinski definition) is 6. The highest BCUT2D eigenvalue weighted by atomic mass is 35.5. The summed E-state index contributed by atoms with van der Waals surface area (Å²) in [6.07, 6.45) is 1.53. The van der Waals surface area contributed by atoms with Crippen LogP contribution in [-0.4, -0.2) is 27.3 Å².